The van der Waals surface area contributed by atoms with Crippen molar-refractivity contribution < 1.29 is 23.1 Å². The first-order valence-electron chi connectivity index (χ1n) is 11.7. The molecular weight excluding hydrogens is 479 g/mol. The lowest BCUT2D eigenvalue weighted by molar-refractivity contribution is -0.119. The molecule has 3 unspecified atom stereocenters. The van der Waals surface area contributed by atoms with Crippen LogP contribution in [-0.2, 0) is 10.7 Å². The van der Waals surface area contributed by atoms with Gasteiger partial charge in [-0.2, -0.15) is 8.78 Å². The number of aromatic nitrogens is 1. The Labute approximate surface area is 207 Å². The number of aliphatic hydroxyl groups excluding tert-OH is 1. The van der Waals surface area contributed by atoms with E-state index in [-0.39, 0.29) is 12.6 Å². The van der Waals surface area contributed by atoms with Gasteiger partial charge in [-0.15, -0.1) is 11.3 Å². The highest BCUT2D eigenvalue weighted by Crippen LogP contribution is 2.38. The summed E-state index contributed by atoms with van der Waals surface area (Å²) in [5, 5.41) is 12.0. The predicted molar refractivity (Wildman–Crippen MR) is 131 cm³/mol. The number of carbonyl (C=O) groups excluding carboxylic acids is 1. The highest BCUT2D eigenvalue weighted by Gasteiger charge is 2.35. The van der Waals surface area contributed by atoms with E-state index in [0.717, 1.165) is 11.8 Å². The van der Waals surface area contributed by atoms with E-state index in [4.69, 9.17) is 11.6 Å². The number of halogens is 3. The standard InChI is InChI=1S/C14H13F3N2O2S.C10H21N3/c15-6-14(16,17)8-1-2-10-12(3-8)22-13(18-10)11-4-9(21)5-19(11)7-20;1-7(2)8(3)13(12)6-10(11)9-4-5-9/h1-3,7,9,11,21H,4-6H2;6-9H,4-5,11-12H2,1-3H3/b;10-6-. The molecule has 7 nitrogen and oxygen atoms in total. The molecule has 1 aromatic carbocycles. The molecule has 194 valence electrons. The number of hydrazine groups is 1. The van der Waals surface area contributed by atoms with Gasteiger partial charge in [0.2, 0.25) is 6.41 Å². The first-order valence-corrected chi connectivity index (χ1v) is 12.5. The normalized spacial score (nSPS) is 21.7. The Kier molecular flexibility index (Phi) is 8.66. The van der Waals surface area contributed by atoms with E-state index < -0.39 is 24.3 Å². The van der Waals surface area contributed by atoms with E-state index in [2.05, 4.69) is 25.8 Å². The molecule has 3 atom stereocenters. The Morgan fingerprint density at radius 1 is 1.37 bits per heavy atom. The fraction of sp³-hybridized carbons (Fsp3) is 0.583. The van der Waals surface area contributed by atoms with Crippen molar-refractivity contribution in [2.45, 2.75) is 64.1 Å². The van der Waals surface area contributed by atoms with Crippen LogP contribution in [0.2, 0.25) is 0 Å². The highest BCUT2D eigenvalue weighted by atomic mass is 32.1. The third-order valence-corrected chi connectivity index (χ3v) is 7.63. The number of aliphatic hydroxyl groups is 1. The lowest BCUT2D eigenvalue weighted by Crippen LogP contribution is -2.38. The van der Waals surface area contributed by atoms with E-state index in [0.29, 0.717) is 45.9 Å². The number of β-amino-alcohol motifs (C(OH)–C–C–N with tert-alkyl or cyclic N) is 1. The van der Waals surface area contributed by atoms with Gasteiger partial charge in [-0.3, -0.25) is 4.79 Å². The number of nitrogens with zero attached hydrogens (tertiary/aromatic N) is 3. The Bertz CT molecular complexity index is 1040. The fourth-order valence-electron chi connectivity index (χ4n) is 3.74. The number of allylic oxidation sites excluding steroid dienone is 1. The molecule has 35 heavy (non-hydrogen) atoms. The van der Waals surface area contributed by atoms with Crippen molar-refractivity contribution in [1.82, 2.24) is 14.9 Å². The molecule has 2 aromatic rings. The molecule has 4 rings (SSSR count). The molecule has 0 bridgehead atoms. The summed E-state index contributed by atoms with van der Waals surface area (Å²) in [6.07, 6.45) is 4.75. The lowest BCUT2D eigenvalue weighted by atomic mass is 10.1. The smallest absolute Gasteiger partial charge is 0.301 e. The molecule has 2 fully saturated rings. The number of alkyl halides is 3. The van der Waals surface area contributed by atoms with Gasteiger partial charge < -0.3 is 20.7 Å². The number of amides is 1. The molecule has 1 amide bonds. The largest absolute Gasteiger partial charge is 0.401 e. The number of hydrogen-bond donors (Lipinski definition) is 3. The summed E-state index contributed by atoms with van der Waals surface area (Å²) in [6.45, 7) is 4.91. The van der Waals surface area contributed by atoms with Crippen LogP contribution in [0, 0.1) is 11.8 Å². The van der Waals surface area contributed by atoms with Crippen LogP contribution >= 0.6 is 11.3 Å². The first-order chi connectivity index (χ1) is 16.5. The van der Waals surface area contributed by atoms with Crippen LogP contribution in [-0.4, -0.2) is 51.8 Å². The summed E-state index contributed by atoms with van der Waals surface area (Å²) < 4.78 is 39.7. The lowest BCUT2D eigenvalue weighted by Gasteiger charge is -2.26. The van der Waals surface area contributed by atoms with Crippen LogP contribution in [0.5, 0.6) is 0 Å². The molecule has 1 aliphatic carbocycles. The second-order valence-corrected chi connectivity index (χ2v) is 10.7. The molecule has 1 saturated heterocycles. The zero-order valence-electron chi connectivity index (χ0n) is 20.2. The predicted octanol–water partition coefficient (Wildman–Crippen LogP) is 4.04. The second-order valence-electron chi connectivity index (χ2n) is 9.62. The summed E-state index contributed by atoms with van der Waals surface area (Å²) in [6, 6.07) is 3.80. The molecule has 1 saturated carbocycles. The van der Waals surface area contributed by atoms with Crippen LogP contribution < -0.4 is 11.6 Å². The topological polar surface area (TPSA) is 109 Å². The zero-order valence-corrected chi connectivity index (χ0v) is 21.0. The van der Waals surface area contributed by atoms with E-state index in [1.807, 2.05) is 6.20 Å². The van der Waals surface area contributed by atoms with Crippen molar-refractivity contribution in [3.63, 3.8) is 0 Å². The van der Waals surface area contributed by atoms with Crippen LogP contribution in [0.15, 0.2) is 30.1 Å². The van der Waals surface area contributed by atoms with E-state index >= 15 is 0 Å². The van der Waals surface area contributed by atoms with Crippen LogP contribution in [0.25, 0.3) is 10.2 Å². The fourth-order valence-corrected chi connectivity index (χ4v) is 4.88. The van der Waals surface area contributed by atoms with Gasteiger partial charge in [-0.1, -0.05) is 19.9 Å². The number of rotatable bonds is 8. The molecule has 1 aromatic heterocycles. The average molecular weight is 514 g/mol. The summed E-state index contributed by atoms with van der Waals surface area (Å²) in [5.41, 5.74) is 6.92. The molecule has 0 radical (unpaired) electrons. The van der Waals surface area contributed by atoms with Crippen molar-refractivity contribution in [1.29, 1.82) is 0 Å². The third kappa shape index (κ3) is 6.65. The van der Waals surface area contributed by atoms with Crippen LogP contribution in [0.3, 0.4) is 0 Å². The van der Waals surface area contributed by atoms with E-state index in [1.54, 1.807) is 5.01 Å². The molecule has 2 heterocycles. The maximum atomic E-state index is 13.4. The highest BCUT2D eigenvalue weighted by molar-refractivity contribution is 7.18. The summed E-state index contributed by atoms with van der Waals surface area (Å²) in [7, 11) is 0. The first kappa shape index (κ1) is 27.2. The monoisotopic (exact) mass is 513 g/mol. The Hall–Kier alpha value is -2.37. The Morgan fingerprint density at radius 3 is 2.63 bits per heavy atom. The quantitative estimate of drug-likeness (QED) is 0.279. The van der Waals surface area contributed by atoms with Gasteiger partial charge in [0.05, 0.1) is 22.4 Å². The van der Waals surface area contributed by atoms with Crippen molar-refractivity contribution in [2.24, 2.45) is 23.4 Å². The summed E-state index contributed by atoms with van der Waals surface area (Å²) in [4.78, 5) is 16.8. The van der Waals surface area contributed by atoms with Gasteiger partial charge >= 0.3 is 5.92 Å². The zero-order chi connectivity index (χ0) is 25.9. The minimum Gasteiger partial charge on any atom is -0.401 e. The van der Waals surface area contributed by atoms with E-state index in [1.165, 1.54) is 41.2 Å². The van der Waals surface area contributed by atoms with Crippen LogP contribution in [0.1, 0.15) is 56.6 Å². The third-order valence-electron chi connectivity index (χ3n) is 6.51. The molecule has 0 spiro atoms. The molecule has 1 aliphatic heterocycles. The minimum absolute atomic E-state index is 0.231. The number of carbonyl (C=O) groups is 1. The van der Waals surface area contributed by atoms with E-state index in [9.17, 15) is 23.1 Å². The number of benzene rings is 1. The maximum Gasteiger partial charge on any atom is 0.301 e. The number of fused-ring (bicyclic) bond motifs is 1. The van der Waals surface area contributed by atoms with Crippen molar-refractivity contribution in [2.75, 3.05) is 13.2 Å². The summed E-state index contributed by atoms with van der Waals surface area (Å²) in [5.74, 6) is 3.50. The molecular formula is C24H34F3N5O2S. The van der Waals surface area contributed by atoms with Gasteiger partial charge in [0.1, 0.15) is 5.01 Å². The second kappa shape index (κ2) is 11.1. The number of likely N-dealkylation sites (tertiary alicyclic amines) is 1. The Balaban J connectivity index is 0.000000225. The van der Waals surface area contributed by atoms with Gasteiger partial charge in [-0.25, -0.2) is 15.2 Å². The van der Waals surface area contributed by atoms with Crippen LogP contribution in [0.4, 0.5) is 13.2 Å². The van der Waals surface area contributed by atoms with Crippen molar-refractivity contribution in [3.8, 4) is 0 Å². The maximum absolute atomic E-state index is 13.4. The molecule has 2 aliphatic rings. The van der Waals surface area contributed by atoms with Gasteiger partial charge in [0.15, 0.2) is 6.67 Å². The molecule has 11 heteroatoms. The number of thiazole rings is 1. The van der Waals surface area contributed by atoms with Crippen molar-refractivity contribution >= 4 is 28.0 Å². The van der Waals surface area contributed by atoms with Gasteiger partial charge in [0.25, 0.3) is 0 Å². The Morgan fingerprint density at radius 2 is 2.06 bits per heavy atom. The average Bonchev–Trinajstić information content (AvgIpc) is 3.48. The summed E-state index contributed by atoms with van der Waals surface area (Å²) >= 11 is 1.18. The van der Waals surface area contributed by atoms with Crippen molar-refractivity contribution in [3.05, 3.63) is 40.7 Å². The minimum atomic E-state index is -3.52. The van der Waals surface area contributed by atoms with Gasteiger partial charge in [-0.05, 0) is 37.8 Å². The van der Waals surface area contributed by atoms with Gasteiger partial charge in [0, 0.05) is 42.4 Å². The number of hydrogen-bond acceptors (Lipinski definition) is 7. The molecule has 5 N–H and O–H groups in total. The number of nitrogens with two attached hydrogens (primary N) is 2. The SMILES string of the molecule is CC(C)C(C)N(N)/C=C(\N)C1CC1.O=CN1CC(O)CC1c1nc2ccc(C(F)(F)CF)cc2s1.